The third-order valence-corrected chi connectivity index (χ3v) is 3.57. The van der Waals surface area contributed by atoms with Gasteiger partial charge in [0, 0.05) is 38.6 Å². The van der Waals surface area contributed by atoms with Crippen molar-refractivity contribution in [3.63, 3.8) is 0 Å². The molecule has 92 valence electrons. The molecule has 17 heavy (non-hydrogen) atoms. The first-order valence-corrected chi connectivity index (χ1v) is 5.92. The molecule has 2 N–H and O–H groups in total. The number of hydrogen-bond donors (Lipinski definition) is 2. The van der Waals surface area contributed by atoms with Crippen LogP contribution in [0.15, 0.2) is 18.5 Å². The molecule has 2 atom stereocenters. The number of aromatic nitrogens is 2. The third-order valence-electron chi connectivity index (χ3n) is 3.57. The third kappa shape index (κ3) is 1.83. The first kappa shape index (κ1) is 10.7. The van der Waals surface area contributed by atoms with E-state index in [0.717, 1.165) is 13.1 Å². The van der Waals surface area contributed by atoms with Gasteiger partial charge in [0.15, 0.2) is 0 Å². The summed E-state index contributed by atoms with van der Waals surface area (Å²) in [7, 11) is 0. The number of likely N-dealkylation sites (tertiary alicyclic amines) is 1. The van der Waals surface area contributed by atoms with Crippen molar-refractivity contribution in [1.82, 2.24) is 20.0 Å². The van der Waals surface area contributed by atoms with E-state index in [1.54, 1.807) is 15.8 Å². The number of aliphatic hydroxyl groups is 1. The number of carbonyl (C=O) groups is 1. The maximum absolute atomic E-state index is 12.0. The fraction of sp³-hybridized carbons (Fsp3) is 0.636. The van der Waals surface area contributed by atoms with Crippen molar-refractivity contribution in [1.29, 1.82) is 0 Å². The molecule has 0 unspecified atom stereocenters. The van der Waals surface area contributed by atoms with Crippen LogP contribution >= 0.6 is 0 Å². The second-order valence-corrected chi connectivity index (χ2v) is 4.72. The molecule has 0 aromatic carbocycles. The van der Waals surface area contributed by atoms with Crippen LogP contribution in [0.3, 0.4) is 0 Å². The molecule has 6 heteroatoms. The molecule has 2 aliphatic heterocycles. The van der Waals surface area contributed by atoms with Crippen LogP contribution in [0.25, 0.3) is 0 Å². The van der Waals surface area contributed by atoms with Gasteiger partial charge < -0.3 is 15.3 Å². The molecule has 1 aromatic heterocycles. The summed E-state index contributed by atoms with van der Waals surface area (Å²) < 4.78 is 1.73. The first-order chi connectivity index (χ1) is 8.25. The van der Waals surface area contributed by atoms with Crippen LogP contribution in [0.1, 0.15) is 6.04 Å². The summed E-state index contributed by atoms with van der Waals surface area (Å²) in [5.41, 5.74) is 0. The van der Waals surface area contributed by atoms with Gasteiger partial charge in [-0.05, 0) is 6.07 Å². The quantitative estimate of drug-likeness (QED) is 0.680. The van der Waals surface area contributed by atoms with E-state index in [4.69, 9.17) is 0 Å². The molecule has 6 nitrogen and oxygen atoms in total. The van der Waals surface area contributed by atoms with Crippen LogP contribution < -0.4 is 5.32 Å². The predicted molar refractivity (Wildman–Crippen MR) is 60.2 cm³/mol. The van der Waals surface area contributed by atoms with Gasteiger partial charge >= 0.3 is 0 Å². The van der Waals surface area contributed by atoms with Crippen molar-refractivity contribution in [2.45, 2.75) is 12.1 Å². The predicted octanol–water partition coefficient (Wildman–Crippen LogP) is -1.15. The number of carbonyl (C=O) groups excluding carboxylic acids is 1. The SMILES string of the molecule is O=C(C1CNC1)N1C[C@@H](O)[C@H](n2cccn2)C1. The lowest BCUT2D eigenvalue weighted by molar-refractivity contribution is -0.136. The van der Waals surface area contributed by atoms with Crippen LogP contribution in [0, 0.1) is 5.92 Å². The Kier molecular flexibility index (Phi) is 2.60. The van der Waals surface area contributed by atoms with Gasteiger partial charge in [-0.3, -0.25) is 9.48 Å². The number of amides is 1. The van der Waals surface area contributed by atoms with Crippen molar-refractivity contribution in [3.05, 3.63) is 18.5 Å². The lowest BCUT2D eigenvalue weighted by Gasteiger charge is -2.30. The van der Waals surface area contributed by atoms with E-state index >= 15 is 0 Å². The highest BCUT2D eigenvalue weighted by Gasteiger charge is 2.39. The number of nitrogens with zero attached hydrogens (tertiary/aromatic N) is 3. The minimum atomic E-state index is -0.521. The number of nitrogens with one attached hydrogen (secondary N) is 1. The normalized spacial score (nSPS) is 29.4. The van der Waals surface area contributed by atoms with Crippen molar-refractivity contribution in [2.24, 2.45) is 5.92 Å². The van der Waals surface area contributed by atoms with Crippen LogP contribution in [-0.2, 0) is 4.79 Å². The van der Waals surface area contributed by atoms with Crippen LogP contribution in [0.4, 0.5) is 0 Å². The van der Waals surface area contributed by atoms with Gasteiger partial charge in [0.1, 0.15) is 0 Å². The summed E-state index contributed by atoms with van der Waals surface area (Å²) in [5, 5.41) is 17.2. The molecule has 2 fully saturated rings. The second-order valence-electron chi connectivity index (χ2n) is 4.72. The average Bonchev–Trinajstić information content (AvgIpc) is 2.82. The van der Waals surface area contributed by atoms with Gasteiger partial charge in [0.2, 0.25) is 5.91 Å². The highest BCUT2D eigenvalue weighted by atomic mass is 16.3. The Morgan fingerprint density at radius 2 is 2.24 bits per heavy atom. The summed E-state index contributed by atoms with van der Waals surface area (Å²) in [6.45, 7) is 2.49. The summed E-state index contributed by atoms with van der Waals surface area (Å²) in [6, 6.07) is 1.72. The number of β-amino-alcohol motifs (C(OH)–C–C–N with tert-alkyl or cyclic N) is 1. The smallest absolute Gasteiger partial charge is 0.228 e. The molecule has 0 radical (unpaired) electrons. The first-order valence-electron chi connectivity index (χ1n) is 5.92. The van der Waals surface area contributed by atoms with Gasteiger partial charge in [-0.15, -0.1) is 0 Å². The maximum atomic E-state index is 12.0. The minimum Gasteiger partial charge on any atom is -0.389 e. The summed E-state index contributed by atoms with van der Waals surface area (Å²) in [6.07, 6.45) is 2.99. The number of rotatable bonds is 2. The lowest BCUT2D eigenvalue weighted by atomic mass is 10.0. The van der Waals surface area contributed by atoms with Gasteiger partial charge in [0.25, 0.3) is 0 Å². The minimum absolute atomic E-state index is 0.0959. The molecular formula is C11H16N4O2. The van der Waals surface area contributed by atoms with Crippen molar-refractivity contribution in [3.8, 4) is 0 Å². The van der Waals surface area contributed by atoms with Crippen LogP contribution in [-0.4, -0.2) is 58.0 Å². The van der Waals surface area contributed by atoms with E-state index in [-0.39, 0.29) is 17.9 Å². The highest BCUT2D eigenvalue weighted by molar-refractivity contribution is 5.80. The second kappa shape index (κ2) is 4.12. The molecule has 1 aromatic rings. The van der Waals surface area contributed by atoms with Crippen molar-refractivity contribution in [2.75, 3.05) is 26.2 Å². The van der Waals surface area contributed by atoms with E-state index in [0.29, 0.717) is 13.1 Å². The van der Waals surface area contributed by atoms with Crippen LogP contribution in [0.5, 0.6) is 0 Å². The molecular weight excluding hydrogens is 220 g/mol. The Morgan fingerprint density at radius 1 is 1.41 bits per heavy atom. The molecule has 2 aliphatic rings. The van der Waals surface area contributed by atoms with E-state index in [2.05, 4.69) is 10.4 Å². The molecule has 0 saturated carbocycles. The van der Waals surface area contributed by atoms with E-state index < -0.39 is 6.10 Å². The monoisotopic (exact) mass is 236 g/mol. The molecule has 2 saturated heterocycles. The highest BCUT2D eigenvalue weighted by Crippen LogP contribution is 2.23. The van der Waals surface area contributed by atoms with Gasteiger partial charge in [0.05, 0.1) is 18.1 Å². The Morgan fingerprint density at radius 3 is 2.82 bits per heavy atom. The van der Waals surface area contributed by atoms with Gasteiger partial charge in [-0.1, -0.05) is 0 Å². The Balaban J connectivity index is 1.68. The Labute approximate surface area is 99.2 Å². The van der Waals surface area contributed by atoms with Crippen molar-refractivity contribution >= 4 is 5.91 Å². The molecule has 0 spiro atoms. The Bertz CT molecular complexity index is 402. The maximum Gasteiger partial charge on any atom is 0.228 e. The number of hydrogen-bond acceptors (Lipinski definition) is 4. The Hall–Kier alpha value is -1.40. The fourth-order valence-electron chi connectivity index (χ4n) is 2.41. The summed E-state index contributed by atoms with van der Waals surface area (Å²) in [5.74, 6) is 0.246. The van der Waals surface area contributed by atoms with Gasteiger partial charge in [-0.25, -0.2) is 0 Å². The molecule has 1 amide bonds. The molecule has 3 rings (SSSR count). The van der Waals surface area contributed by atoms with E-state index in [1.165, 1.54) is 0 Å². The average molecular weight is 236 g/mol. The zero-order valence-electron chi connectivity index (χ0n) is 9.49. The topological polar surface area (TPSA) is 70.4 Å². The molecule has 3 heterocycles. The standard InChI is InChI=1S/C11H16N4O2/c16-10-7-14(11(17)8-4-12-5-8)6-9(10)15-3-1-2-13-15/h1-3,8-10,12,16H,4-7H2/t9-,10-/m1/s1. The summed E-state index contributed by atoms with van der Waals surface area (Å²) >= 11 is 0. The van der Waals surface area contributed by atoms with Crippen molar-refractivity contribution < 1.29 is 9.90 Å². The fourth-order valence-corrected chi connectivity index (χ4v) is 2.41. The van der Waals surface area contributed by atoms with E-state index in [9.17, 15) is 9.90 Å². The van der Waals surface area contributed by atoms with E-state index in [1.807, 2.05) is 12.3 Å². The molecule has 0 bridgehead atoms. The zero-order chi connectivity index (χ0) is 11.8. The van der Waals surface area contributed by atoms with Crippen LogP contribution in [0.2, 0.25) is 0 Å². The molecule has 0 aliphatic carbocycles. The number of aliphatic hydroxyl groups excluding tert-OH is 1. The largest absolute Gasteiger partial charge is 0.389 e. The van der Waals surface area contributed by atoms with Gasteiger partial charge in [-0.2, -0.15) is 5.10 Å². The summed E-state index contributed by atoms with van der Waals surface area (Å²) in [4.78, 5) is 13.8. The zero-order valence-corrected chi connectivity index (χ0v) is 9.49. The lowest BCUT2D eigenvalue weighted by Crippen LogP contribution is -2.51.